The molecule has 3 amide bonds. The minimum atomic E-state index is -0.385. The van der Waals surface area contributed by atoms with Crippen molar-refractivity contribution in [2.75, 3.05) is 6.54 Å². The Kier molecular flexibility index (Phi) is 5.53. The molecule has 0 atom stereocenters. The van der Waals surface area contributed by atoms with Crippen molar-refractivity contribution in [3.05, 3.63) is 70.9 Å². The lowest BCUT2D eigenvalue weighted by atomic mass is 10.1. The summed E-state index contributed by atoms with van der Waals surface area (Å²) in [4.78, 5) is 25.2. The first-order valence-corrected chi connectivity index (χ1v) is 8.67. The van der Waals surface area contributed by atoms with Crippen molar-refractivity contribution in [3.63, 3.8) is 0 Å². The third kappa shape index (κ3) is 4.15. The van der Waals surface area contributed by atoms with Gasteiger partial charge in [0.15, 0.2) is 0 Å². The molecule has 27 heavy (non-hydrogen) atoms. The number of nitrogens with one attached hydrogen (secondary N) is 1. The van der Waals surface area contributed by atoms with Gasteiger partial charge in [-0.15, -0.1) is 0 Å². The highest BCUT2D eigenvalue weighted by Gasteiger charge is 2.32. The number of hydrogen-bond acceptors (Lipinski definition) is 4. The van der Waals surface area contributed by atoms with Crippen molar-refractivity contribution in [2.45, 2.75) is 20.0 Å². The predicted molar refractivity (Wildman–Crippen MR) is 100 cm³/mol. The maximum atomic E-state index is 12.2. The van der Waals surface area contributed by atoms with Crippen molar-refractivity contribution in [2.24, 2.45) is 0 Å². The van der Waals surface area contributed by atoms with Crippen LogP contribution in [0.4, 0.5) is 4.79 Å². The molecule has 0 radical (unpaired) electrons. The largest absolute Gasteiger partial charge is 0.489 e. The second kappa shape index (κ2) is 8.19. The Morgan fingerprint density at radius 1 is 1.15 bits per heavy atom. The van der Waals surface area contributed by atoms with Gasteiger partial charge in [-0.1, -0.05) is 37.3 Å². The van der Waals surface area contributed by atoms with Crippen LogP contribution in [-0.4, -0.2) is 23.4 Å². The summed E-state index contributed by atoms with van der Waals surface area (Å²) in [5, 5.41) is 11.7. The van der Waals surface area contributed by atoms with Gasteiger partial charge in [-0.05, 0) is 36.3 Å². The molecular formula is C21H19N3O3. The van der Waals surface area contributed by atoms with Crippen LogP contribution >= 0.6 is 0 Å². The Labute approximate surface area is 157 Å². The minimum Gasteiger partial charge on any atom is -0.489 e. The molecule has 1 saturated heterocycles. The average Bonchev–Trinajstić information content (AvgIpc) is 2.95. The van der Waals surface area contributed by atoms with Gasteiger partial charge in [0, 0.05) is 12.1 Å². The Balaban J connectivity index is 1.66. The normalized spacial score (nSPS) is 15.0. The third-order valence-corrected chi connectivity index (χ3v) is 4.13. The van der Waals surface area contributed by atoms with Crippen LogP contribution in [0.5, 0.6) is 5.75 Å². The number of rotatable bonds is 6. The van der Waals surface area contributed by atoms with Crippen molar-refractivity contribution in [1.82, 2.24) is 10.2 Å². The summed E-state index contributed by atoms with van der Waals surface area (Å²) in [6, 6.07) is 16.2. The fourth-order valence-electron chi connectivity index (χ4n) is 2.74. The highest BCUT2D eigenvalue weighted by atomic mass is 16.5. The number of amides is 3. The third-order valence-electron chi connectivity index (χ3n) is 4.13. The fourth-order valence-corrected chi connectivity index (χ4v) is 2.74. The van der Waals surface area contributed by atoms with Gasteiger partial charge in [0.1, 0.15) is 18.1 Å². The van der Waals surface area contributed by atoms with E-state index in [4.69, 9.17) is 10.00 Å². The molecule has 2 aromatic rings. The molecule has 6 heteroatoms. The molecule has 2 aromatic carbocycles. The van der Waals surface area contributed by atoms with Gasteiger partial charge in [-0.3, -0.25) is 9.69 Å². The second-order valence-corrected chi connectivity index (χ2v) is 6.07. The number of benzene rings is 2. The van der Waals surface area contributed by atoms with Gasteiger partial charge in [0.25, 0.3) is 5.91 Å². The molecule has 0 spiro atoms. The maximum absolute atomic E-state index is 12.2. The predicted octanol–water partition coefficient (Wildman–Crippen LogP) is 3.44. The van der Waals surface area contributed by atoms with Gasteiger partial charge < -0.3 is 10.1 Å². The van der Waals surface area contributed by atoms with E-state index in [1.165, 1.54) is 4.90 Å². The van der Waals surface area contributed by atoms with E-state index in [0.717, 1.165) is 11.1 Å². The van der Waals surface area contributed by atoms with Crippen molar-refractivity contribution < 1.29 is 14.3 Å². The number of urea groups is 1. The topological polar surface area (TPSA) is 82.4 Å². The van der Waals surface area contributed by atoms with Crippen molar-refractivity contribution >= 4 is 18.0 Å². The van der Waals surface area contributed by atoms with Gasteiger partial charge in [-0.25, -0.2) is 4.79 Å². The highest BCUT2D eigenvalue weighted by molar-refractivity contribution is 6.13. The first-order chi connectivity index (χ1) is 13.1. The van der Waals surface area contributed by atoms with E-state index < -0.39 is 0 Å². The number of imide groups is 1. The Hall–Kier alpha value is -3.59. The minimum absolute atomic E-state index is 0.269. The van der Waals surface area contributed by atoms with E-state index in [9.17, 15) is 9.59 Å². The van der Waals surface area contributed by atoms with Crippen LogP contribution in [-0.2, 0) is 11.4 Å². The van der Waals surface area contributed by atoms with E-state index in [0.29, 0.717) is 30.9 Å². The molecule has 1 fully saturated rings. The van der Waals surface area contributed by atoms with E-state index in [-0.39, 0.29) is 17.6 Å². The number of nitrogens with zero attached hydrogens (tertiary/aromatic N) is 2. The molecule has 1 N–H and O–H groups in total. The van der Waals surface area contributed by atoms with Crippen LogP contribution < -0.4 is 10.1 Å². The van der Waals surface area contributed by atoms with E-state index in [1.54, 1.807) is 36.4 Å². The Bertz CT molecular complexity index is 926. The standard InChI is InChI=1S/C21H19N3O3/c1-2-11-24-20(25)19(23-21(24)26)12-15-7-9-18(10-8-15)27-14-17-6-4-3-5-16(17)13-22/h3-10,12H,2,11,14H2,1H3,(H,23,26)/b19-12+. The number of carbonyl (C=O) groups is 2. The molecule has 0 saturated carbocycles. The number of carbonyl (C=O) groups excluding carboxylic acids is 2. The zero-order valence-corrected chi connectivity index (χ0v) is 14.9. The smallest absolute Gasteiger partial charge is 0.329 e. The molecule has 0 aromatic heterocycles. The Morgan fingerprint density at radius 2 is 1.89 bits per heavy atom. The molecule has 1 aliphatic heterocycles. The summed E-state index contributed by atoms with van der Waals surface area (Å²) in [6.07, 6.45) is 2.36. The number of hydrogen-bond donors (Lipinski definition) is 1. The van der Waals surface area contributed by atoms with Crippen LogP contribution in [0, 0.1) is 11.3 Å². The van der Waals surface area contributed by atoms with Crippen LogP contribution in [0.1, 0.15) is 30.0 Å². The zero-order chi connectivity index (χ0) is 19.2. The first kappa shape index (κ1) is 18.2. The lowest BCUT2D eigenvalue weighted by molar-refractivity contribution is -0.122. The summed E-state index contributed by atoms with van der Waals surface area (Å²) < 4.78 is 5.73. The van der Waals surface area contributed by atoms with Crippen LogP contribution in [0.25, 0.3) is 6.08 Å². The molecule has 0 unspecified atom stereocenters. The Morgan fingerprint density at radius 3 is 2.59 bits per heavy atom. The molecule has 1 aliphatic rings. The van der Waals surface area contributed by atoms with Crippen LogP contribution in [0.15, 0.2) is 54.2 Å². The summed E-state index contributed by atoms with van der Waals surface area (Å²) in [6.45, 7) is 2.61. The summed E-state index contributed by atoms with van der Waals surface area (Å²) in [5.41, 5.74) is 2.46. The summed E-state index contributed by atoms with van der Waals surface area (Å²) in [5.74, 6) is 0.342. The summed E-state index contributed by atoms with van der Waals surface area (Å²) in [7, 11) is 0. The number of nitriles is 1. The van der Waals surface area contributed by atoms with Gasteiger partial charge in [0.2, 0.25) is 0 Å². The highest BCUT2D eigenvalue weighted by Crippen LogP contribution is 2.19. The SMILES string of the molecule is CCCN1C(=O)N/C(=C/c2ccc(OCc3ccccc3C#N)cc2)C1=O. The van der Waals surface area contributed by atoms with Crippen molar-refractivity contribution in [3.8, 4) is 11.8 Å². The molecule has 1 heterocycles. The second-order valence-electron chi connectivity index (χ2n) is 6.07. The van der Waals surface area contributed by atoms with E-state index in [2.05, 4.69) is 11.4 Å². The van der Waals surface area contributed by atoms with E-state index in [1.807, 2.05) is 25.1 Å². The molecule has 136 valence electrons. The van der Waals surface area contributed by atoms with Gasteiger partial charge >= 0.3 is 6.03 Å². The lowest BCUT2D eigenvalue weighted by Crippen LogP contribution is -2.31. The molecule has 0 aliphatic carbocycles. The lowest BCUT2D eigenvalue weighted by Gasteiger charge is -2.09. The van der Waals surface area contributed by atoms with E-state index >= 15 is 0 Å². The van der Waals surface area contributed by atoms with Crippen molar-refractivity contribution in [1.29, 1.82) is 5.26 Å². The van der Waals surface area contributed by atoms with Crippen LogP contribution in [0.3, 0.4) is 0 Å². The zero-order valence-electron chi connectivity index (χ0n) is 14.9. The quantitative estimate of drug-likeness (QED) is 0.631. The monoisotopic (exact) mass is 361 g/mol. The summed E-state index contributed by atoms with van der Waals surface area (Å²) >= 11 is 0. The van der Waals surface area contributed by atoms with Gasteiger partial charge in [0.05, 0.1) is 11.6 Å². The molecule has 0 bridgehead atoms. The molecule has 3 rings (SSSR count). The van der Waals surface area contributed by atoms with Gasteiger partial charge in [-0.2, -0.15) is 5.26 Å². The maximum Gasteiger partial charge on any atom is 0.329 e. The average molecular weight is 361 g/mol. The number of ether oxygens (including phenoxy) is 1. The molecule has 6 nitrogen and oxygen atoms in total. The van der Waals surface area contributed by atoms with Crippen LogP contribution in [0.2, 0.25) is 0 Å². The molecular weight excluding hydrogens is 342 g/mol. The first-order valence-electron chi connectivity index (χ1n) is 8.67. The fraction of sp³-hybridized carbons (Fsp3) is 0.190.